The zero-order valence-corrected chi connectivity index (χ0v) is 23.3. The van der Waals surface area contributed by atoms with Crippen LogP contribution in [0.1, 0.15) is 0 Å². The molecule has 3 fully saturated rings. The second-order valence-corrected chi connectivity index (χ2v) is 10.7. The molecule has 0 amide bonds. The first-order chi connectivity index (χ1) is 20.8. The predicted octanol–water partition coefficient (Wildman–Crippen LogP) is -4.92. The highest BCUT2D eigenvalue weighted by molar-refractivity contribution is 6.32. The summed E-state index contributed by atoms with van der Waals surface area (Å²) in [6, 6.07) is 3.21. The van der Waals surface area contributed by atoms with E-state index in [-0.39, 0.29) is 16.5 Å². The minimum absolute atomic E-state index is 0.139. The van der Waals surface area contributed by atoms with Crippen LogP contribution in [-0.4, -0.2) is 168 Å². The molecule has 0 radical (unpaired) electrons. The Morgan fingerprint density at radius 2 is 1.16 bits per heavy atom. The average molecular weight is 660 g/mol. The fourth-order valence-electron chi connectivity index (χ4n) is 5.03. The van der Waals surface area contributed by atoms with E-state index >= 15 is 0 Å². The first-order valence-electron chi connectivity index (χ1n) is 13.3. The van der Waals surface area contributed by atoms with Crippen molar-refractivity contribution in [2.45, 2.75) is 92.1 Å². The largest absolute Gasteiger partial charge is 0.483 e. The smallest absolute Gasteiger partial charge is 0.271 e. The van der Waals surface area contributed by atoms with Crippen LogP contribution in [0, 0.1) is 10.1 Å². The molecule has 10 N–H and O–H groups in total. The van der Waals surface area contributed by atoms with Gasteiger partial charge < -0.3 is 79.5 Å². The molecule has 1 aromatic carbocycles. The molecule has 0 aliphatic carbocycles. The molecular weight excluding hydrogens is 626 g/mol. The van der Waals surface area contributed by atoms with Gasteiger partial charge in [0.25, 0.3) is 5.69 Å². The van der Waals surface area contributed by atoms with Crippen molar-refractivity contribution >= 4 is 17.3 Å². The minimum atomic E-state index is -1.97. The van der Waals surface area contributed by atoms with Crippen molar-refractivity contribution < 1.29 is 84.4 Å². The summed E-state index contributed by atoms with van der Waals surface area (Å²) in [5.41, 5.74) is -0.343. The Kier molecular flexibility index (Phi) is 11.7. The Balaban J connectivity index is 1.45. The fourth-order valence-corrected chi connectivity index (χ4v) is 5.25. The molecular formula is C24H34ClNO18. The van der Waals surface area contributed by atoms with Crippen molar-refractivity contribution in [3.05, 3.63) is 33.3 Å². The number of hydrogen-bond donors (Lipinski definition) is 10. The number of aliphatic hydroxyl groups is 10. The summed E-state index contributed by atoms with van der Waals surface area (Å²) in [5, 5.41) is 113. The quantitative estimate of drug-likeness (QED) is 0.0831. The zero-order chi connectivity index (χ0) is 32.5. The van der Waals surface area contributed by atoms with Crippen LogP contribution in [0.2, 0.25) is 5.02 Å². The summed E-state index contributed by atoms with van der Waals surface area (Å²) in [7, 11) is 0. The third-order valence-corrected chi connectivity index (χ3v) is 7.75. The lowest BCUT2D eigenvalue weighted by Gasteiger charge is -2.48. The summed E-state index contributed by atoms with van der Waals surface area (Å²) < 4.78 is 32.7. The van der Waals surface area contributed by atoms with E-state index in [1.54, 1.807) is 0 Å². The van der Waals surface area contributed by atoms with Crippen molar-refractivity contribution in [3.63, 3.8) is 0 Å². The molecule has 250 valence electrons. The molecule has 44 heavy (non-hydrogen) atoms. The van der Waals surface area contributed by atoms with Gasteiger partial charge in [-0.15, -0.1) is 0 Å². The lowest BCUT2D eigenvalue weighted by atomic mass is 9.96. The SMILES string of the molecule is O=[N+]([O-])c1ccc(O[C@H]2[C@@H](O)[C@H](O)[C@@H](O[C@H]3[C@H](O)[C@@H](O)[C@@H](O[C@H]4[C@H](O)[C@@H](O)[C@H](O)O[C@@H]4CO)O[C@@H]3CO)O[C@H]2CO)c(Cl)c1. The monoisotopic (exact) mass is 659 g/mol. The molecule has 0 spiro atoms. The molecule has 3 saturated heterocycles. The highest BCUT2D eigenvalue weighted by Crippen LogP contribution is 2.35. The number of non-ortho nitro benzene ring substituents is 1. The zero-order valence-electron chi connectivity index (χ0n) is 22.6. The van der Waals surface area contributed by atoms with E-state index in [9.17, 15) is 61.2 Å². The average Bonchev–Trinajstić information content (AvgIpc) is 3.00. The van der Waals surface area contributed by atoms with E-state index in [2.05, 4.69) is 0 Å². The number of aliphatic hydroxyl groups excluding tert-OH is 10. The van der Waals surface area contributed by atoms with Gasteiger partial charge in [0.1, 0.15) is 72.9 Å². The van der Waals surface area contributed by atoms with Gasteiger partial charge in [0.15, 0.2) is 25.0 Å². The van der Waals surface area contributed by atoms with E-state index in [4.69, 9.17) is 40.0 Å². The van der Waals surface area contributed by atoms with Crippen LogP contribution in [0.25, 0.3) is 0 Å². The van der Waals surface area contributed by atoms with Gasteiger partial charge in [0.2, 0.25) is 0 Å². The minimum Gasteiger partial charge on any atom is -0.483 e. The van der Waals surface area contributed by atoms with Gasteiger partial charge in [0.05, 0.1) is 29.8 Å². The molecule has 0 saturated carbocycles. The molecule has 0 bridgehead atoms. The molecule has 4 rings (SSSR count). The van der Waals surface area contributed by atoms with Crippen LogP contribution in [0.3, 0.4) is 0 Å². The van der Waals surface area contributed by atoms with E-state index in [0.29, 0.717) is 0 Å². The maximum absolute atomic E-state index is 11.0. The third-order valence-electron chi connectivity index (χ3n) is 7.45. The third kappa shape index (κ3) is 7.08. The summed E-state index contributed by atoms with van der Waals surface area (Å²) in [6.45, 7) is -2.47. The lowest BCUT2D eigenvalue weighted by Crippen LogP contribution is -2.67. The molecule has 0 unspecified atom stereocenters. The Labute approximate surface area is 253 Å². The van der Waals surface area contributed by atoms with Crippen molar-refractivity contribution in [2.75, 3.05) is 19.8 Å². The van der Waals surface area contributed by atoms with Crippen molar-refractivity contribution in [2.24, 2.45) is 0 Å². The topological polar surface area (TPSA) is 301 Å². The summed E-state index contributed by atoms with van der Waals surface area (Å²) in [6.07, 6.45) is -25.8. The van der Waals surface area contributed by atoms with Crippen LogP contribution >= 0.6 is 11.6 Å². The molecule has 19 nitrogen and oxygen atoms in total. The molecule has 3 heterocycles. The van der Waals surface area contributed by atoms with Gasteiger partial charge in [-0.05, 0) is 6.07 Å². The van der Waals surface area contributed by atoms with Crippen LogP contribution in [0.15, 0.2) is 18.2 Å². The molecule has 3 aliphatic heterocycles. The summed E-state index contributed by atoms with van der Waals surface area (Å²) in [5.74, 6) is -0.139. The van der Waals surface area contributed by atoms with Gasteiger partial charge >= 0.3 is 0 Å². The van der Waals surface area contributed by atoms with Crippen molar-refractivity contribution in [1.82, 2.24) is 0 Å². The molecule has 20 heteroatoms. The number of nitro groups is 1. The predicted molar refractivity (Wildman–Crippen MR) is 138 cm³/mol. The lowest BCUT2D eigenvalue weighted by molar-refractivity contribution is -0.384. The maximum atomic E-state index is 11.0. The number of nitrogens with zero attached hydrogens (tertiary/aromatic N) is 1. The molecule has 15 atom stereocenters. The van der Waals surface area contributed by atoms with Crippen LogP contribution in [-0.2, 0) is 23.7 Å². The number of rotatable bonds is 10. The van der Waals surface area contributed by atoms with Gasteiger partial charge in [-0.3, -0.25) is 10.1 Å². The normalized spacial score (nSPS) is 43.0. The first kappa shape index (κ1) is 35.0. The van der Waals surface area contributed by atoms with Crippen molar-refractivity contribution in [1.29, 1.82) is 0 Å². The van der Waals surface area contributed by atoms with Crippen LogP contribution < -0.4 is 4.74 Å². The fraction of sp³-hybridized carbons (Fsp3) is 0.750. The Bertz CT molecular complexity index is 1110. The van der Waals surface area contributed by atoms with E-state index in [1.807, 2.05) is 0 Å². The van der Waals surface area contributed by atoms with Gasteiger partial charge in [-0.25, -0.2) is 0 Å². The first-order valence-corrected chi connectivity index (χ1v) is 13.7. The highest BCUT2D eigenvalue weighted by Gasteiger charge is 2.53. The number of ether oxygens (including phenoxy) is 6. The Hall–Kier alpha value is -1.89. The van der Waals surface area contributed by atoms with Gasteiger partial charge in [-0.2, -0.15) is 0 Å². The number of hydrogen-bond acceptors (Lipinski definition) is 18. The van der Waals surface area contributed by atoms with E-state index < -0.39 is 117 Å². The summed E-state index contributed by atoms with van der Waals surface area (Å²) in [4.78, 5) is 10.3. The Morgan fingerprint density at radius 1 is 0.705 bits per heavy atom. The van der Waals surface area contributed by atoms with Crippen molar-refractivity contribution in [3.8, 4) is 5.75 Å². The molecule has 3 aliphatic rings. The standard InChI is InChI=1S/C24H34ClNO18/c25-8-3-7(26(37)38)1-2-9(8)39-19-11(5-28)41-23(17(34)14(19)31)44-21-12(6-29)42-24(18(35)15(21)32)43-20-10(4-27)40-22(36)16(33)13(20)30/h1-3,10-24,27-36H,4-6H2/t10-,11+,12-,13-,14+,15-,16-,17+,18-,19-,20-,21-,22-,23-,24-/m1/s1. The van der Waals surface area contributed by atoms with Gasteiger partial charge in [0, 0.05) is 12.1 Å². The number of benzene rings is 1. The molecule has 0 aromatic heterocycles. The number of halogens is 1. The van der Waals surface area contributed by atoms with E-state index in [1.165, 1.54) is 0 Å². The highest BCUT2D eigenvalue weighted by atomic mass is 35.5. The Morgan fingerprint density at radius 3 is 1.64 bits per heavy atom. The second kappa shape index (κ2) is 14.7. The number of nitro benzene ring substituents is 1. The second-order valence-electron chi connectivity index (χ2n) is 10.3. The van der Waals surface area contributed by atoms with Crippen LogP contribution in [0.5, 0.6) is 5.75 Å². The summed E-state index contributed by atoms with van der Waals surface area (Å²) >= 11 is 6.04. The van der Waals surface area contributed by atoms with Crippen LogP contribution in [0.4, 0.5) is 5.69 Å². The van der Waals surface area contributed by atoms with Gasteiger partial charge in [-0.1, -0.05) is 11.6 Å². The van der Waals surface area contributed by atoms with E-state index in [0.717, 1.165) is 18.2 Å². The molecule has 1 aromatic rings. The maximum Gasteiger partial charge on any atom is 0.271 e.